The van der Waals surface area contributed by atoms with Crippen molar-refractivity contribution in [2.24, 2.45) is 5.92 Å². The molecule has 0 saturated carbocycles. The van der Waals surface area contributed by atoms with Crippen LogP contribution in [-0.4, -0.2) is 10.2 Å². The number of allylic oxidation sites excluding steroid dienone is 6. The lowest BCUT2D eigenvalue weighted by molar-refractivity contribution is 0.428. The molecule has 17 heavy (non-hydrogen) atoms. The predicted octanol–water partition coefficient (Wildman–Crippen LogP) is 4.39. The Labute approximate surface area is 106 Å². The van der Waals surface area contributed by atoms with Gasteiger partial charge < -0.3 is 10.2 Å². The summed E-state index contributed by atoms with van der Waals surface area (Å²) >= 11 is 1.48. The summed E-state index contributed by atoms with van der Waals surface area (Å²) in [6.45, 7) is 9.22. The zero-order valence-electron chi connectivity index (χ0n) is 9.76. The summed E-state index contributed by atoms with van der Waals surface area (Å²) in [6.07, 6.45) is 10.5. The molecular formula is C14H16O2S. The summed E-state index contributed by atoms with van der Waals surface area (Å²) in [7, 11) is 0. The lowest BCUT2D eigenvalue weighted by atomic mass is 10.1. The highest BCUT2D eigenvalue weighted by molar-refractivity contribution is 8.07. The fourth-order valence-electron chi connectivity index (χ4n) is 1.30. The van der Waals surface area contributed by atoms with Crippen molar-refractivity contribution >= 4 is 11.8 Å². The maximum Gasteiger partial charge on any atom is 0.112 e. The van der Waals surface area contributed by atoms with Crippen molar-refractivity contribution in [1.29, 1.82) is 0 Å². The van der Waals surface area contributed by atoms with E-state index >= 15 is 0 Å². The van der Waals surface area contributed by atoms with Gasteiger partial charge in [0.05, 0.1) is 0 Å². The van der Waals surface area contributed by atoms with E-state index in [1.54, 1.807) is 18.2 Å². The molecular weight excluding hydrogens is 232 g/mol. The normalized spacial score (nSPS) is 19.7. The first kappa shape index (κ1) is 13.5. The molecule has 0 saturated heterocycles. The van der Waals surface area contributed by atoms with Crippen molar-refractivity contribution in [2.45, 2.75) is 6.92 Å². The van der Waals surface area contributed by atoms with Crippen molar-refractivity contribution in [1.82, 2.24) is 0 Å². The number of hydrogen-bond acceptors (Lipinski definition) is 3. The topological polar surface area (TPSA) is 40.5 Å². The highest BCUT2D eigenvalue weighted by atomic mass is 32.2. The van der Waals surface area contributed by atoms with Gasteiger partial charge >= 0.3 is 0 Å². The summed E-state index contributed by atoms with van der Waals surface area (Å²) in [5.41, 5.74) is 0. The van der Waals surface area contributed by atoms with E-state index in [1.807, 2.05) is 19.1 Å². The lowest BCUT2D eigenvalue weighted by Crippen LogP contribution is -1.84. The fourth-order valence-corrected chi connectivity index (χ4v) is 2.16. The van der Waals surface area contributed by atoms with Crippen LogP contribution in [0.5, 0.6) is 0 Å². The third-order valence-corrected chi connectivity index (χ3v) is 2.90. The minimum Gasteiger partial charge on any atom is -0.509 e. The number of aliphatic hydroxyl groups is 2. The third kappa shape index (κ3) is 5.31. The molecule has 2 nitrogen and oxygen atoms in total. The molecule has 0 amide bonds. The second-order valence-electron chi connectivity index (χ2n) is 3.75. The Balaban J connectivity index is 2.67. The Kier molecular flexibility index (Phi) is 4.91. The van der Waals surface area contributed by atoms with Gasteiger partial charge in [-0.05, 0) is 36.3 Å². The van der Waals surface area contributed by atoms with Gasteiger partial charge in [-0.1, -0.05) is 37.9 Å². The van der Waals surface area contributed by atoms with E-state index in [4.69, 9.17) is 5.11 Å². The zero-order chi connectivity index (χ0) is 12.8. The van der Waals surface area contributed by atoms with Crippen molar-refractivity contribution in [3.63, 3.8) is 0 Å². The van der Waals surface area contributed by atoms with Crippen LogP contribution in [-0.2, 0) is 0 Å². The molecule has 1 unspecified atom stereocenters. The highest BCUT2D eigenvalue weighted by Gasteiger charge is 2.04. The van der Waals surface area contributed by atoms with Gasteiger partial charge in [-0.15, -0.1) is 0 Å². The molecule has 1 rings (SSSR count). The van der Waals surface area contributed by atoms with Crippen molar-refractivity contribution in [3.05, 3.63) is 70.9 Å². The van der Waals surface area contributed by atoms with Crippen LogP contribution in [0.1, 0.15) is 6.92 Å². The van der Waals surface area contributed by atoms with E-state index in [0.29, 0.717) is 0 Å². The Morgan fingerprint density at radius 1 is 1.29 bits per heavy atom. The first-order valence-corrected chi connectivity index (χ1v) is 6.02. The fraction of sp³-hybridized carbons (Fsp3) is 0.143. The summed E-state index contributed by atoms with van der Waals surface area (Å²) in [4.78, 5) is 1.81. The van der Waals surface area contributed by atoms with E-state index in [0.717, 1.165) is 9.81 Å². The summed E-state index contributed by atoms with van der Waals surface area (Å²) < 4.78 is 0. The Hall–Kier alpha value is -1.61. The molecule has 0 aromatic heterocycles. The summed E-state index contributed by atoms with van der Waals surface area (Å²) in [6, 6.07) is 0. The molecule has 1 aliphatic carbocycles. The van der Waals surface area contributed by atoms with Gasteiger partial charge in [-0.3, -0.25) is 0 Å². The quantitative estimate of drug-likeness (QED) is 0.572. The molecule has 0 aromatic carbocycles. The molecule has 1 atom stereocenters. The summed E-state index contributed by atoms with van der Waals surface area (Å²) in [5, 5.41) is 18.4. The average molecular weight is 248 g/mol. The highest BCUT2D eigenvalue weighted by Crippen LogP contribution is 2.29. The van der Waals surface area contributed by atoms with Crippen LogP contribution in [0.2, 0.25) is 0 Å². The van der Waals surface area contributed by atoms with Crippen molar-refractivity contribution in [2.75, 3.05) is 0 Å². The molecule has 1 aliphatic rings. The van der Waals surface area contributed by atoms with E-state index in [2.05, 4.69) is 13.2 Å². The van der Waals surface area contributed by atoms with Gasteiger partial charge in [0.2, 0.25) is 0 Å². The minimum absolute atomic E-state index is 0.00446. The largest absolute Gasteiger partial charge is 0.509 e. The Morgan fingerprint density at radius 3 is 2.65 bits per heavy atom. The van der Waals surface area contributed by atoms with Crippen LogP contribution in [0.25, 0.3) is 0 Å². The molecule has 2 N–H and O–H groups in total. The van der Waals surface area contributed by atoms with Gasteiger partial charge in [0.15, 0.2) is 0 Å². The van der Waals surface area contributed by atoms with Crippen LogP contribution >= 0.6 is 11.8 Å². The van der Waals surface area contributed by atoms with Crippen LogP contribution in [0.15, 0.2) is 70.9 Å². The predicted molar refractivity (Wildman–Crippen MR) is 74.7 cm³/mol. The first-order valence-electron chi connectivity index (χ1n) is 5.21. The van der Waals surface area contributed by atoms with Gasteiger partial charge in [0.25, 0.3) is 0 Å². The van der Waals surface area contributed by atoms with Gasteiger partial charge in [0, 0.05) is 9.81 Å². The standard InChI is InChI=1S/C14H16O2S/c1-10-8-13(16)6-7-14(9-10)17-12(3)5-4-11(2)15/h4-10,15-16H,2-3H2,1H3/b5-4-. The number of aliphatic hydroxyl groups excluding tert-OH is 2. The van der Waals surface area contributed by atoms with E-state index < -0.39 is 0 Å². The Bertz CT molecular complexity index is 439. The first-order chi connectivity index (χ1) is 7.97. The maximum absolute atomic E-state index is 9.44. The average Bonchev–Trinajstić information content (AvgIpc) is 2.37. The minimum atomic E-state index is 0.00446. The molecule has 90 valence electrons. The molecule has 0 radical (unpaired) electrons. The van der Waals surface area contributed by atoms with Crippen LogP contribution < -0.4 is 0 Å². The van der Waals surface area contributed by atoms with Gasteiger partial charge in [0.1, 0.15) is 11.5 Å². The molecule has 3 heteroatoms. The molecule has 0 heterocycles. The van der Waals surface area contributed by atoms with Crippen LogP contribution in [0.4, 0.5) is 0 Å². The molecule has 0 aliphatic heterocycles. The van der Waals surface area contributed by atoms with Crippen LogP contribution in [0.3, 0.4) is 0 Å². The van der Waals surface area contributed by atoms with Crippen LogP contribution in [0, 0.1) is 5.92 Å². The van der Waals surface area contributed by atoms with E-state index in [-0.39, 0.29) is 17.4 Å². The SMILES string of the molecule is C=C(O)/C=C\C(=C)SC1=CC(C)C=C(O)C=C1. The number of thioether (sulfide) groups is 1. The molecule has 0 bridgehead atoms. The smallest absolute Gasteiger partial charge is 0.112 e. The van der Waals surface area contributed by atoms with E-state index in [9.17, 15) is 5.11 Å². The third-order valence-electron chi connectivity index (χ3n) is 1.99. The molecule has 0 fully saturated rings. The molecule has 0 aromatic rings. The monoisotopic (exact) mass is 248 g/mol. The summed E-state index contributed by atoms with van der Waals surface area (Å²) in [5.74, 6) is 0.455. The lowest BCUT2D eigenvalue weighted by Gasteiger charge is -2.03. The van der Waals surface area contributed by atoms with Crippen molar-refractivity contribution in [3.8, 4) is 0 Å². The second-order valence-corrected chi connectivity index (χ2v) is 4.95. The Morgan fingerprint density at radius 2 is 2.00 bits per heavy atom. The van der Waals surface area contributed by atoms with E-state index in [1.165, 1.54) is 17.8 Å². The van der Waals surface area contributed by atoms with Crippen molar-refractivity contribution < 1.29 is 10.2 Å². The number of rotatable bonds is 4. The molecule has 0 spiro atoms. The maximum atomic E-state index is 9.44. The van der Waals surface area contributed by atoms with Gasteiger partial charge in [-0.25, -0.2) is 0 Å². The second kappa shape index (κ2) is 6.21. The number of hydrogen-bond donors (Lipinski definition) is 2. The van der Waals surface area contributed by atoms with Gasteiger partial charge in [-0.2, -0.15) is 0 Å². The zero-order valence-corrected chi connectivity index (χ0v) is 10.6.